The predicted octanol–water partition coefficient (Wildman–Crippen LogP) is 3.74. The lowest BCUT2D eigenvalue weighted by molar-refractivity contribution is -0.502. The van der Waals surface area contributed by atoms with Crippen LogP contribution in [0.3, 0.4) is 0 Å². The smallest absolute Gasteiger partial charge is 0.301 e. The summed E-state index contributed by atoms with van der Waals surface area (Å²) < 4.78 is 34.4. The number of benzene rings is 1. The Labute approximate surface area is 134 Å². The highest BCUT2D eigenvalue weighted by molar-refractivity contribution is 9.10. The highest BCUT2D eigenvalue weighted by Crippen LogP contribution is 2.29. The Morgan fingerprint density at radius 1 is 1.43 bits per heavy atom. The van der Waals surface area contributed by atoms with E-state index in [2.05, 4.69) is 15.9 Å². The van der Waals surface area contributed by atoms with Gasteiger partial charge in [-0.15, -0.1) is 11.3 Å². The molecule has 9 heteroatoms. The summed E-state index contributed by atoms with van der Waals surface area (Å²) in [7, 11) is 0. The molecule has 2 rings (SSSR count). The van der Waals surface area contributed by atoms with Gasteiger partial charge >= 0.3 is 5.37 Å². The monoisotopic (exact) mass is 393 g/mol. The standard InChI is InChI=1S/C12H9BrFNO4S2/c13-8-2-1-7(10(14)6-8)5-9-3-4-11(20-9)12(15(16)17)21(18)19/h1-4,6,12H,5H2,(H,18,19). The molecule has 0 amide bonds. The third kappa shape index (κ3) is 3.94. The van der Waals surface area contributed by atoms with Gasteiger partial charge in [-0.25, -0.2) is 8.60 Å². The fraction of sp³-hybridized carbons (Fsp3) is 0.167. The summed E-state index contributed by atoms with van der Waals surface area (Å²) in [5.41, 5.74) is 0.453. The zero-order valence-corrected chi connectivity index (χ0v) is 13.6. The van der Waals surface area contributed by atoms with Gasteiger partial charge in [0.15, 0.2) is 0 Å². The average Bonchev–Trinajstić information content (AvgIpc) is 2.80. The van der Waals surface area contributed by atoms with Gasteiger partial charge in [0.1, 0.15) is 5.82 Å². The van der Waals surface area contributed by atoms with Crippen molar-refractivity contribution in [2.75, 3.05) is 0 Å². The largest absolute Gasteiger partial charge is 0.343 e. The van der Waals surface area contributed by atoms with Gasteiger partial charge in [0, 0.05) is 20.7 Å². The summed E-state index contributed by atoms with van der Waals surface area (Å²) in [6, 6.07) is 7.69. The highest BCUT2D eigenvalue weighted by Gasteiger charge is 2.31. The Morgan fingerprint density at radius 3 is 2.71 bits per heavy atom. The van der Waals surface area contributed by atoms with Crippen LogP contribution in [0.2, 0.25) is 0 Å². The fourth-order valence-corrected chi connectivity index (χ4v) is 3.89. The van der Waals surface area contributed by atoms with E-state index in [0.717, 1.165) is 11.3 Å². The van der Waals surface area contributed by atoms with Crippen LogP contribution in [0.4, 0.5) is 4.39 Å². The van der Waals surface area contributed by atoms with Gasteiger partial charge in [-0.2, -0.15) is 0 Å². The summed E-state index contributed by atoms with van der Waals surface area (Å²) >= 11 is 1.60. The van der Waals surface area contributed by atoms with E-state index in [1.165, 1.54) is 12.1 Å². The lowest BCUT2D eigenvalue weighted by atomic mass is 10.1. The van der Waals surface area contributed by atoms with E-state index in [4.69, 9.17) is 4.55 Å². The van der Waals surface area contributed by atoms with Crippen LogP contribution in [-0.2, 0) is 17.5 Å². The van der Waals surface area contributed by atoms with E-state index in [0.29, 0.717) is 14.9 Å². The number of nitro groups is 1. The van der Waals surface area contributed by atoms with Crippen LogP contribution in [0.15, 0.2) is 34.8 Å². The van der Waals surface area contributed by atoms with Crippen molar-refractivity contribution in [1.82, 2.24) is 0 Å². The minimum Gasteiger partial charge on any atom is -0.301 e. The second-order valence-corrected chi connectivity index (χ2v) is 7.24. The van der Waals surface area contributed by atoms with Crippen molar-refractivity contribution in [3.05, 3.63) is 66.1 Å². The van der Waals surface area contributed by atoms with Crippen LogP contribution >= 0.6 is 27.3 Å². The minimum atomic E-state index is -2.59. The molecule has 0 aliphatic heterocycles. The van der Waals surface area contributed by atoms with E-state index in [9.17, 15) is 18.7 Å². The summed E-state index contributed by atoms with van der Waals surface area (Å²) in [5, 5.41) is 9.13. The van der Waals surface area contributed by atoms with Crippen LogP contribution in [0.25, 0.3) is 0 Å². The molecule has 1 N–H and O–H groups in total. The third-order valence-corrected chi connectivity index (χ3v) is 5.28. The number of halogens is 2. The van der Waals surface area contributed by atoms with E-state index in [1.807, 2.05) is 0 Å². The molecule has 0 saturated carbocycles. The molecule has 1 aromatic carbocycles. The normalized spacial score (nSPS) is 13.9. The van der Waals surface area contributed by atoms with Crippen molar-refractivity contribution in [2.45, 2.75) is 11.8 Å². The second kappa shape index (κ2) is 6.73. The minimum absolute atomic E-state index is 0.174. The van der Waals surface area contributed by atoms with Crippen molar-refractivity contribution in [1.29, 1.82) is 0 Å². The van der Waals surface area contributed by atoms with Gasteiger partial charge in [0.25, 0.3) is 0 Å². The maximum Gasteiger partial charge on any atom is 0.343 e. The quantitative estimate of drug-likeness (QED) is 0.476. The molecule has 0 fully saturated rings. The third-order valence-electron chi connectivity index (χ3n) is 2.69. The Bertz CT molecular complexity index is 692. The van der Waals surface area contributed by atoms with Crippen molar-refractivity contribution < 1.29 is 18.1 Å². The maximum atomic E-state index is 13.7. The number of nitrogens with zero attached hydrogens (tertiary/aromatic N) is 1. The first-order chi connectivity index (χ1) is 9.88. The van der Waals surface area contributed by atoms with Crippen LogP contribution in [0, 0.1) is 15.9 Å². The van der Waals surface area contributed by atoms with Gasteiger partial charge in [0.05, 0.1) is 4.88 Å². The molecule has 5 nitrogen and oxygen atoms in total. The number of hydrogen-bond acceptors (Lipinski definition) is 4. The van der Waals surface area contributed by atoms with Crippen LogP contribution < -0.4 is 0 Å². The first-order valence-electron chi connectivity index (χ1n) is 5.64. The van der Waals surface area contributed by atoms with Gasteiger partial charge in [-0.1, -0.05) is 22.0 Å². The molecule has 2 unspecified atom stereocenters. The SMILES string of the molecule is O=[N+]([O-])C(c1ccc(Cc2ccc(Br)cc2F)s1)S(=O)O. The van der Waals surface area contributed by atoms with Crippen molar-refractivity contribution in [3.63, 3.8) is 0 Å². The fourth-order valence-electron chi connectivity index (χ4n) is 1.75. The number of rotatable bonds is 5. The van der Waals surface area contributed by atoms with Crippen molar-refractivity contribution in [2.24, 2.45) is 0 Å². The molecule has 0 bridgehead atoms. The molecule has 0 aliphatic carbocycles. The molecule has 0 spiro atoms. The molecule has 2 atom stereocenters. The summed E-state index contributed by atoms with van der Waals surface area (Å²) in [4.78, 5) is 10.9. The Kier molecular flexibility index (Phi) is 5.20. The second-order valence-electron chi connectivity index (χ2n) is 4.13. The van der Waals surface area contributed by atoms with Gasteiger partial charge < -0.3 is 4.55 Å². The first kappa shape index (κ1) is 16.2. The molecular formula is C12H9BrFNO4S2. The molecule has 1 aromatic heterocycles. The molecular weight excluding hydrogens is 385 g/mol. The van der Waals surface area contributed by atoms with Crippen LogP contribution in [0.1, 0.15) is 20.7 Å². The zero-order chi connectivity index (χ0) is 15.6. The molecule has 2 aromatic rings. The lowest BCUT2D eigenvalue weighted by Gasteiger charge is -2.03. The van der Waals surface area contributed by atoms with Gasteiger partial charge in [-0.3, -0.25) is 10.1 Å². The summed E-state index contributed by atoms with van der Waals surface area (Å²) in [5.74, 6) is -0.379. The van der Waals surface area contributed by atoms with Crippen LogP contribution in [0.5, 0.6) is 0 Å². The molecule has 0 radical (unpaired) electrons. The Balaban J connectivity index is 2.24. The Morgan fingerprint density at radius 2 is 2.14 bits per heavy atom. The topological polar surface area (TPSA) is 80.4 Å². The van der Waals surface area contributed by atoms with E-state index >= 15 is 0 Å². The summed E-state index contributed by atoms with van der Waals surface area (Å²) in [6.45, 7) is 0. The zero-order valence-electron chi connectivity index (χ0n) is 10.4. The number of hydrogen-bond donors (Lipinski definition) is 1. The molecule has 112 valence electrons. The average molecular weight is 394 g/mol. The summed E-state index contributed by atoms with van der Waals surface area (Å²) in [6.07, 6.45) is 0.270. The first-order valence-corrected chi connectivity index (χ1v) is 8.42. The molecule has 21 heavy (non-hydrogen) atoms. The highest BCUT2D eigenvalue weighted by atomic mass is 79.9. The van der Waals surface area contributed by atoms with Gasteiger partial charge in [0.2, 0.25) is 11.1 Å². The van der Waals surface area contributed by atoms with E-state index in [-0.39, 0.29) is 17.1 Å². The maximum absolute atomic E-state index is 13.7. The molecule has 0 saturated heterocycles. The van der Waals surface area contributed by atoms with Gasteiger partial charge in [-0.05, 0) is 29.8 Å². The molecule has 1 heterocycles. The van der Waals surface area contributed by atoms with Crippen molar-refractivity contribution >= 4 is 38.3 Å². The Hall–Kier alpha value is -1.16. The number of thiophene rings is 1. The van der Waals surface area contributed by atoms with Crippen LogP contribution in [-0.4, -0.2) is 13.7 Å². The van der Waals surface area contributed by atoms with E-state index < -0.39 is 21.4 Å². The molecule has 0 aliphatic rings. The predicted molar refractivity (Wildman–Crippen MR) is 81.7 cm³/mol. The lowest BCUT2D eigenvalue weighted by Crippen LogP contribution is -2.14. The van der Waals surface area contributed by atoms with E-state index in [1.54, 1.807) is 18.2 Å². The van der Waals surface area contributed by atoms with Crippen molar-refractivity contribution in [3.8, 4) is 0 Å².